The maximum Gasteiger partial charge on any atom is 0.267 e. The molecule has 4 rings (SSSR count). The van der Waals surface area contributed by atoms with E-state index < -0.39 is 0 Å². The predicted octanol–water partition coefficient (Wildman–Crippen LogP) is 3.74. The lowest BCUT2D eigenvalue weighted by Gasteiger charge is -2.13. The zero-order chi connectivity index (χ0) is 21.1. The Balaban J connectivity index is 1.70. The Morgan fingerprint density at radius 3 is 2.77 bits per heavy atom. The SMILES string of the molecule is CCOc1ccccc1C(=O)Nc1cccc(-n2c(C)nc3ncccc3c2=O)c1. The minimum absolute atomic E-state index is 0.212. The second kappa shape index (κ2) is 8.16. The minimum atomic E-state index is -0.291. The molecule has 2 aromatic carbocycles. The normalized spacial score (nSPS) is 10.7. The van der Waals surface area contributed by atoms with E-state index in [1.54, 1.807) is 67.7 Å². The number of hydrogen-bond donors (Lipinski definition) is 1. The number of aryl methyl sites for hydroxylation is 1. The van der Waals surface area contributed by atoms with Crippen molar-refractivity contribution in [1.29, 1.82) is 0 Å². The van der Waals surface area contributed by atoms with Crippen LogP contribution >= 0.6 is 0 Å². The standard InChI is InChI=1S/C23H20N4O3/c1-3-30-20-12-5-4-10-18(20)22(28)26-16-8-6-9-17(14-16)27-15(2)25-21-19(23(27)29)11-7-13-24-21/h4-14H,3H2,1-2H3,(H,26,28). The molecular formula is C23H20N4O3. The van der Waals surface area contributed by atoms with Crippen LogP contribution < -0.4 is 15.6 Å². The summed E-state index contributed by atoms with van der Waals surface area (Å²) in [7, 11) is 0. The average molecular weight is 400 g/mol. The Morgan fingerprint density at radius 2 is 1.93 bits per heavy atom. The van der Waals surface area contributed by atoms with Gasteiger partial charge in [0.05, 0.1) is 23.2 Å². The first kappa shape index (κ1) is 19.3. The predicted molar refractivity (Wildman–Crippen MR) is 115 cm³/mol. The van der Waals surface area contributed by atoms with Crippen molar-refractivity contribution in [2.45, 2.75) is 13.8 Å². The fourth-order valence-electron chi connectivity index (χ4n) is 3.28. The van der Waals surface area contributed by atoms with Crippen molar-refractivity contribution in [2.75, 3.05) is 11.9 Å². The first-order valence-corrected chi connectivity index (χ1v) is 9.56. The van der Waals surface area contributed by atoms with Crippen LogP contribution in [0, 0.1) is 6.92 Å². The van der Waals surface area contributed by atoms with Crippen molar-refractivity contribution in [3.8, 4) is 11.4 Å². The Hall–Kier alpha value is -4.00. The number of rotatable bonds is 5. The third-order valence-electron chi connectivity index (χ3n) is 4.61. The molecule has 0 saturated carbocycles. The molecule has 0 atom stereocenters. The molecule has 0 saturated heterocycles. The van der Waals surface area contributed by atoms with Crippen LogP contribution in [0.3, 0.4) is 0 Å². The lowest BCUT2D eigenvalue weighted by molar-refractivity contribution is 0.102. The van der Waals surface area contributed by atoms with Gasteiger partial charge in [0, 0.05) is 11.9 Å². The lowest BCUT2D eigenvalue weighted by atomic mass is 10.1. The van der Waals surface area contributed by atoms with E-state index in [0.29, 0.717) is 46.2 Å². The van der Waals surface area contributed by atoms with Crippen molar-refractivity contribution in [3.63, 3.8) is 0 Å². The quantitative estimate of drug-likeness (QED) is 0.552. The van der Waals surface area contributed by atoms with Crippen molar-refractivity contribution < 1.29 is 9.53 Å². The van der Waals surface area contributed by atoms with Gasteiger partial charge in [-0.25, -0.2) is 9.97 Å². The zero-order valence-corrected chi connectivity index (χ0v) is 16.6. The van der Waals surface area contributed by atoms with E-state index in [-0.39, 0.29) is 11.5 Å². The van der Waals surface area contributed by atoms with E-state index in [1.165, 1.54) is 4.57 Å². The molecule has 150 valence electrons. The van der Waals surface area contributed by atoms with Gasteiger partial charge in [-0.2, -0.15) is 0 Å². The highest BCUT2D eigenvalue weighted by Crippen LogP contribution is 2.21. The Morgan fingerprint density at radius 1 is 1.10 bits per heavy atom. The maximum atomic E-state index is 13.0. The molecule has 0 aliphatic rings. The summed E-state index contributed by atoms with van der Waals surface area (Å²) in [4.78, 5) is 34.4. The molecule has 0 spiro atoms. The molecule has 7 nitrogen and oxygen atoms in total. The van der Waals surface area contributed by atoms with E-state index in [1.807, 2.05) is 13.0 Å². The molecule has 0 radical (unpaired) electrons. The fraction of sp³-hybridized carbons (Fsp3) is 0.130. The van der Waals surface area contributed by atoms with Crippen LogP contribution in [-0.4, -0.2) is 27.0 Å². The van der Waals surface area contributed by atoms with Crippen LogP contribution in [0.5, 0.6) is 5.75 Å². The van der Waals surface area contributed by atoms with Gasteiger partial charge in [0.25, 0.3) is 11.5 Å². The van der Waals surface area contributed by atoms with Crippen molar-refractivity contribution in [3.05, 3.63) is 88.6 Å². The number of aromatic nitrogens is 3. The summed E-state index contributed by atoms with van der Waals surface area (Å²) in [6.07, 6.45) is 1.61. The molecule has 1 N–H and O–H groups in total. The van der Waals surface area contributed by atoms with Gasteiger partial charge in [-0.1, -0.05) is 18.2 Å². The maximum absolute atomic E-state index is 13.0. The van der Waals surface area contributed by atoms with E-state index in [4.69, 9.17) is 4.74 Å². The van der Waals surface area contributed by atoms with Gasteiger partial charge in [-0.15, -0.1) is 0 Å². The van der Waals surface area contributed by atoms with Gasteiger partial charge < -0.3 is 10.1 Å². The van der Waals surface area contributed by atoms with Crippen molar-refractivity contribution in [1.82, 2.24) is 14.5 Å². The van der Waals surface area contributed by atoms with Gasteiger partial charge in [-0.3, -0.25) is 14.2 Å². The second-order valence-electron chi connectivity index (χ2n) is 6.61. The molecule has 0 unspecified atom stereocenters. The summed E-state index contributed by atoms with van der Waals surface area (Å²) in [5.41, 5.74) is 1.80. The fourth-order valence-corrected chi connectivity index (χ4v) is 3.28. The monoisotopic (exact) mass is 400 g/mol. The number of nitrogens with zero attached hydrogens (tertiary/aromatic N) is 3. The highest BCUT2D eigenvalue weighted by Gasteiger charge is 2.14. The Labute approximate surface area is 173 Å². The van der Waals surface area contributed by atoms with E-state index in [9.17, 15) is 9.59 Å². The summed E-state index contributed by atoms with van der Waals surface area (Å²) in [5.74, 6) is 0.740. The number of fused-ring (bicyclic) bond motifs is 1. The smallest absolute Gasteiger partial charge is 0.267 e. The Bertz CT molecular complexity index is 1300. The van der Waals surface area contributed by atoms with Crippen LogP contribution in [0.1, 0.15) is 23.1 Å². The van der Waals surface area contributed by atoms with Gasteiger partial charge in [0.2, 0.25) is 0 Å². The molecule has 7 heteroatoms. The molecule has 30 heavy (non-hydrogen) atoms. The van der Waals surface area contributed by atoms with Gasteiger partial charge in [0.15, 0.2) is 5.65 Å². The van der Waals surface area contributed by atoms with Crippen LogP contribution in [0.2, 0.25) is 0 Å². The van der Waals surface area contributed by atoms with Crippen LogP contribution in [0.4, 0.5) is 5.69 Å². The average Bonchev–Trinajstić information content (AvgIpc) is 2.75. The van der Waals surface area contributed by atoms with Crippen LogP contribution in [0.25, 0.3) is 16.7 Å². The number of carbonyl (C=O) groups excluding carboxylic acids is 1. The lowest BCUT2D eigenvalue weighted by Crippen LogP contribution is -2.23. The number of hydrogen-bond acceptors (Lipinski definition) is 5. The number of nitrogens with one attached hydrogen (secondary N) is 1. The van der Waals surface area contributed by atoms with Crippen LogP contribution in [0.15, 0.2) is 71.7 Å². The number of benzene rings is 2. The number of anilines is 1. The summed E-state index contributed by atoms with van der Waals surface area (Å²) in [5, 5.41) is 3.31. The third-order valence-corrected chi connectivity index (χ3v) is 4.61. The molecule has 0 fully saturated rings. The van der Waals surface area contributed by atoms with E-state index in [2.05, 4.69) is 15.3 Å². The van der Waals surface area contributed by atoms with Crippen molar-refractivity contribution in [2.24, 2.45) is 0 Å². The van der Waals surface area contributed by atoms with Gasteiger partial charge >= 0.3 is 0 Å². The van der Waals surface area contributed by atoms with Crippen molar-refractivity contribution >= 4 is 22.6 Å². The van der Waals surface area contributed by atoms with E-state index in [0.717, 1.165) is 0 Å². The zero-order valence-electron chi connectivity index (χ0n) is 16.6. The second-order valence-corrected chi connectivity index (χ2v) is 6.61. The Kier molecular flexibility index (Phi) is 5.26. The molecular weight excluding hydrogens is 380 g/mol. The van der Waals surface area contributed by atoms with Gasteiger partial charge in [0.1, 0.15) is 11.6 Å². The topological polar surface area (TPSA) is 86.1 Å². The summed E-state index contributed by atoms with van der Waals surface area (Å²) in [6.45, 7) is 4.08. The number of para-hydroxylation sites is 1. The van der Waals surface area contributed by atoms with Crippen LogP contribution in [-0.2, 0) is 0 Å². The third kappa shape index (κ3) is 3.65. The molecule has 2 heterocycles. The number of pyridine rings is 1. The number of ether oxygens (including phenoxy) is 1. The number of carbonyl (C=O) groups is 1. The minimum Gasteiger partial charge on any atom is -0.493 e. The molecule has 0 aliphatic heterocycles. The van der Waals surface area contributed by atoms with Gasteiger partial charge in [-0.05, 0) is 56.3 Å². The number of amides is 1. The van der Waals surface area contributed by atoms with E-state index >= 15 is 0 Å². The molecule has 1 amide bonds. The summed E-state index contributed by atoms with van der Waals surface area (Å²) in [6, 6.07) is 17.5. The highest BCUT2D eigenvalue weighted by atomic mass is 16.5. The molecule has 4 aromatic rings. The summed E-state index contributed by atoms with van der Waals surface area (Å²) < 4.78 is 7.05. The largest absolute Gasteiger partial charge is 0.493 e. The first-order chi connectivity index (χ1) is 14.6. The highest BCUT2D eigenvalue weighted by molar-refractivity contribution is 6.06. The first-order valence-electron chi connectivity index (χ1n) is 9.56. The molecule has 2 aromatic heterocycles. The molecule has 0 bridgehead atoms. The summed E-state index contributed by atoms with van der Waals surface area (Å²) >= 11 is 0. The molecule has 0 aliphatic carbocycles.